The van der Waals surface area contributed by atoms with Gasteiger partial charge in [0.2, 0.25) is 0 Å². The van der Waals surface area contributed by atoms with Gasteiger partial charge in [-0.1, -0.05) is 48.5 Å². The highest BCUT2D eigenvalue weighted by atomic mass is 16.1. The number of imidazole rings is 1. The molecule has 0 fully saturated rings. The third-order valence-electron chi connectivity index (χ3n) is 5.50. The van der Waals surface area contributed by atoms with Crippen LogP contribution in [0.25, 0.3) is 16.9 Å². The van der Waals surface area contributed by atoms with Crippen molar-refractivity contribution in [1.82, 2.24) is 24.6 Å². The number of aromatic nitrogens is 4. The summed E-state index contributed by atoms with van der Waals surface area (Å²) in [5.74, 6) is 0.912. The maximum Gasteiger partial charge on any atom is 0.269 e. The number of aryl methyl sites for hydroxylation is 1. The molecule has 4 aromatic rings. The molecule has 1 amide bonds. The number of nitrogens with zero attached hydrogens (tertiary/aromatic N) is 4. The lowest BCUT2D eigenvalue weighted by atomic mass is 10.1. The quantitative estimate of drug-likeness (QED) is 0.554. The van der Waals surface area contributed by atoms with Crippen LogP contribution in [0.2, 0.25) is 0 Å². The van der Waals surface area contributed by atoms with Gasteiger partial charge < -0.3 is 9.88 Å². The van der Waals surface area contributed by atoms with E-state index in [2.05, 4.69) is 10.3 Å². The van der Waals surface area contributed by atoms with Crippen LogP contribution in [0.1, 0.15) is 34.7 Å². The predicted octanol–water partition coefficient (Wildman–Crippen LogP) is 4.00. The molecular weight excluding hydrogens is 374 g/mol. The van der Waals surface area contributed by atoms with Gasteiger partial charge in [0.25, 0.3) is 5.91 Å². The van der Waals surface area contributed by atoms with E-state index < -0.39 is 0 Å². The van der Waals surface area contributed by atoms with Gasteiger partial charge in [-0.3, -0.25) is 4.79 Å². The Kier molecular flexibility index (Phi) is 4.89. The zero-order chi connectivity index (χ0) is 20.3. The number of carbonyl (C=O) groups excluding carboxylic acids is 1. The molecule has 2 aromatic heterocycles. The summed E-state index contributed by atoms with van der Waals surface area (Å²) in [6.45, 7) is 1.26. The first-order valence-electron chi connectivity index (χ1n) is 10.3. The van der Waals surface area contributed by atoms with Crippen LogP contribution in [0.5, 0.6) is 0 Å². The molecule has 6 heteroatoms. The Bertz CT molecular complexity index is 1160. The maximum atomic E-state index is 12.9. The molecule has 0 aliphatic carbocycles. The van der Waals surface area contributed by atoms with Crippen molar-refractivity contribution in [2.45, 2.75) is 32.4 Å². The number of benzene rings is 2. The number of hydrogen-bond acceptors (Lipinski definition) is 3. The number of nitrogens with one attached hydrogen (secondary N) is 1. The molecule has 0 bridgehead atoms. The highest BCUT2D eigenvalue weighted by molar-refractivity contribution is 5.92. The van der Waals surface area contributed by atoms with Gasteiger partial charge in [-0.05, 0) is 25.0 Å². The Labute approximate surface area is 175 Å². The Morgan fingerprint density at radius 1 is 1.00 bits per heavy atom. The highest BCUT2D eigenvalue weighted by Gasteiger charge is 2.20. The summed E-state index contributed by atoms with van der Waals surface area (Å²) in [6, 6.07) is 20.1. The average molecular weight is 397 g/mol. The monoisotopic (exact) mass is 397 g/mol. The Balaban J connectivity index is 1.43. The Hall–Kier alpha value is -3.67. The van der Waals surface area contributed by atoms with Gasteiger partial charge in [0.1, 0.15) is 11.5 Å². The molecule has 0 saturated heterocycles. The summed E-state index contributed by atoms with van der Waals surface area (Å²) >= 11 is 0. The third-order valence-corrected chi connectivity index (χ3v) is 5.50. The van der Waals surface area contributed by atoms with Crippen molar-refractivity contribution in [3.8, 4) is 16.9 Å². The van der Waals surface area contributed by atoms with E-state index in [9.17, 15) is 4.79 Å². The van der Waals surface area contributed by atoms with Crippen LogP contribution in [0.3, 0.4) is 0 Å². The molecule has 150 valence electrons. The fourth-order valence-electron chi connectivity index (χ4n) is 3.95. The van der Waals surface area contributed by atoms with Crippen molar-refractivity contribution >= 4 is 5.91 Å². The summed E-state index contributed by atoms with van der Waals surface area (Å²) in [6.07, 6.45) is 6.85. The summed E-state index contributed by atoms with van der Waals surface area (Å²) in [5, 5.41) is 7.88. The predicted molar refractivity (Wildman–Crippen MR) is 115 cm³/mol. The second kappa shape index (κ2) is 7.99. The molecular formula is C24H23N5O. The Morgan fingerprint density at radius 3 is 2.57 bits per heavy atom. The first-order valence-corrected chi connectivity index (χ1v) is 10.3. The normalized spacial score (nSPS) is 13.1. The van der Waals surface area contributed by atoms with Crippen molar-refractivity contribution in [2.24, 2.45) is 0 Å². The minimum atomic E-state index is -0.0953. The fraction of sp³-hybridized carbons (Fsp3) is 0.208. The van der Waals surface area contributed by atoms with E-state index >= 15 is 0 Å². The zero-order valence-electron chi connectivity index (χ0n) is 16.7. The van der Waals surface area contributed by atoms with Gasteiger partial charge in [0, 0.05) is 36.8 Å². The largest absolute Gasteiger partial charge is 0.346 e. The topological polar surface area (TPSA) is 64.7 Å². The third kappa shape index (κ3) is 3.52. The zero-order valence-corrected chi connectivity index (χ0v) is 16.7. The average Bonchev–Trinajstić information content (AvgIpc) is 3.43. The lowest BCUT2D eigenvalue weighted by Gasteiger charge is -2.16. The van der Waals surface area contributed by atoms with E-state index in [-0.39, 0.29) is 5.91 Å². The molecule has 6 nitrogen and oxygen atoms in total. The van der Waals surface area contributed by atoms with Crippen LogP contribution in [-0.2, 0) is 19.5 Å². The molecule has 0 spiro atoms. The van der Waals surface area contributed by atoms with E-state index in [1.807, 2.05) is 76.1 Å². The van der Waals surface area contributed by atoms with E-state index in [0.29, 0.717) is 12.2 Å². The minimum Gasteiger partial charge on any atom is -0.346 e. The first kappa shape index (κ1) is 18.4. The van der Waals surface area contributed by atoms with Crippen molar-refractivity contribution in [2.75, 3.05) is 0 Å². The van der Waals surface area contributed by atoms with E-state index in [1.165, 1.54) is 0 Å². The molecule has 1 aliphatic heterocycles. The number of fused-ring (bicyclic) bond motifs is 1. The standard InChI is InChI=1S/C24H23N5O/c30-24(21-16-25-22-13-7-8-14-28(21)22)26-15-19-17-29(20-11-5-2-6-12-20)27-23(19)18-9-3-1-4-10-18/h1-6,9-12,16-17H,7-8,13-15H2,(H,26,30). The summed E-state index contributed by atoms with van der Waals surface area (Å²) in [5.41, 5.74) is 4.49. The van der Waals surface area contributed by atoms with Crippen molar-refractivity contribution in [3.63, 3.8) is 0 Å². The van der Waals surface area contributed by atoms with E-state index in [1.54, 1.807) is 6.20 Å². The second-order valence-corrected chi connectivity index (χ2v) is 7.50. The van der Waals surface area contributed by atoms with E-state index in [4.69, 9.17) is 5.10 Å². The van der Waals surface area contributed by atoms with Crippen molar-refractivity contribution in [3.05, 3.63) is 90.1 Å². The highest BCUT2D eigenvalue weighted by Crippen LogP contribution is 2.24. The summed E-state index contributed by atoms with van der Waals surface area (Å²) in [7, 11) is 0. The number of para-hydroxylation sites is 1. The van der Waals surface area contributed by atoms with Crippen LogP contribution in [0.4, 0.5) is 0 Å². The summed E-state index contributed by atoms with van der Waals surface area (Å²) in [4.78, 5) is 17.3. The summed E-state index contributed by atoms with van der Waals surface area (Å²) < 4.78 is 3.91. The van der Waals surface area contributed by atoms with Crippen LogP contribution in [0.15, 0.2) is 73.1 Å². The van der Waals surface area contributed by atoms with Crippen molar-refractivity contribution in [1.29, 1.82) is 0 Å². The SMILES string of the molecule is O=C(NCc1cn(-c2ccccc2)nc1-c1ccccc1)c1cnc2n1CCCC2. The molecule has 0 unspecified atom stereocenters. The van der Waals surface area contributed by atoms with Crippen LogP contribution in [0, 0.1) is 0 Å². The van der Waals surface area contributed by atoms with Crippen LogP contribution in [-0.4, -0.2) is 25.2 Å². The van der Waals surface area contributed by atoms with Crippen molar-refractivity contribution < 1.29 is 4.79 Å². The van der Waals surface area contributed by atoms with Gasteiger partial charge in [-0.25, -0.2) is 9.67 Å². The molecule has 1 aliphatic rings. The van der Waals surface area contributed by atoms with Gasteiger partial charge in [0.05, 0.1) is 17.6 Å². The molecule has 5 rings (SSSR count). The molecule has 3 heterocycles. The molecule has 0 radical (unpaired) electrons. The van der Waals surface area contributed by atoms with Gasteiger partial charge in [0.15, 0.2) is 0 Å². The maximum absolute atomic E-state index is 12.9. The molecule has 2 aromatic carbocycles. The number of rotatable bonds is 5. The molecule has 30 heavy (non-hydrogen) atoms. The lowest BCUT2D eigenvalue weighted by molar-refractivity contribution is 0.0940. The van der Waals surface area contributed by atoms with Crippen LogP contribution < -0.4 is 5.32 Å². The molecule has 0 saturated carbocycles. The first-order chi connectivity index (χ1) is 14.8. The number of hydrogen-bond donors (Lipinski definition) is 1. The Morgan fingerprint density at radius 2 is 1.77 bits per heavy atom. The molecule has 0 atom stereocenters. The van der Waals surface area contributed by atoms with Gasteiger partial charge in [-0.15, -0.1) is 0 Å². The number of amides is 1. The van der Waals surface area contributed by atoms with E-state index in [0.717, 1.165) is 54.1 Å². The number of carbonyl (C=O) groups is 1. The van der Waals surface area contributed by atoms with Gasteiger partial charge >= 0.3 is 0 Å². The molecule has 1 N–H and O–H groups in total. The lowest BCUT2D eigenvalue weighted by Crippen LogP contribution is -2.27. The fourth-order valence-corrected chi connectivity index (χ4v) is 3.95. The van der Waals surface area contributed by atoms with Crippen LogP contribution >= 0.6 is 0 Å². The smallest absolute Gasteiger partial charge is 0.269 e. The second-order valence-electron chi connectivity index (χ2n) is 7.50. The van der Waals surface area contributed by atoms with Gasteiger partial charge in [-0.2, -0.15) is 5.10 Å². The minimum absolute atomic E-state index is 0.0953.